The summed E-state index contributed by atoms with van der Waals surface area (Å²) in [7, 11) is 1.59. The maximum atomic E-state index is 12.0. The van der Waals surface area contributed by atoms with Crippen molar-refractivity contribution < 1.29 is 14.7 Å². The molecule has 0 aromatic carbocycles. The Morgan fingerprint density at radius 2 is 2.06 bits per heavy atom. The summed E-state index contributed by atoms with van der Waals surface area (Å²) in [6.45, 7) is 0. The first-order valence-electron chi connectivity index (χ1n) is 5.44. The number of halogens is 2. The van der Waals surface area contributed by atoms with Crippen LogP contribution >= 0.6 is 23.2 Å². The highest BCUT2D eigenvalue weighted by molar-refractivity contribution is 6.41. The van der Waals surface area contributed by atoms with Gasteiger partial charge in [0.05, 0.1) is 5.02 Å². The van der Waals surface area contributed by atoms with E-state index in [2.05, 4.69) is 5.32 Å². The number of nitrogens with one attached hydrogen (secondary N) is 1. The third-order valence-corrected chi connectivity index (χ3v) is 4.16. The molecule has 0 bridgehead atoms. The molecule has 0 atom stereocenters. The lowest BCUT2D eigenvalue weighted by Gasteiger charge is -2.38. The molecule has 1 fully saturated rings. The van der Waals surface area contributed by atoms with Crippen LogP contribution in [-0.2, 0) is 11.8 Å². The number of carbonyl (C=O) groups is 2. The molecule has 1 aliphatic rings. The SMILES string of the molecule is Cn1c(C(=O)NC2(C(=O)O)CCC2)cc(Cl)c1Cl. The van der Waals surface area contributed by atoms with E-state index in [1.165, 1.54) is 10.6 Å². The van der Waals surface area contributed by atoms with Crippen LogP contribution in [0.3, 0.4) is 0 Å². The van der Waals surface area contributed by atoms with Crippen molar-refractivity contribution in [3.63, 3.8) is 0 Å². The third kappa shape index (κ3) is 1.97. The number of hydrogen-bond donors (Lipinski definition) is 2. The second-order valence-electron chi connectivity index (χ2n) is 4.42. The van der Waals surface area contributed by atoms with Gasteiger partial charge in [-0.05, 0) is 25.3 Å². The van der Waals surface area contributed by atoms with E-state index in [0.717, 1.165) is 6.42 Å². The maximum Gasteiger partial charge on any atom is 0.329 e. The van der Waals surface area contributed by atoms with Gasteiger partial charge in [0.1, 0.15) is 16.4 Å². The molecule has 1 saturated carbocycles. The van der Waals surface area contributed by atoms with Gasteiger partial charge < -0.3 is 15.0 Å². The smallest absolute Gasteiger partial charge is 0.329 e. The van der Waals surface area contributed by atoms with Gasteiger partial charge in [0.25, 0.3) is 5.91 Å². The molecule has 0 saturated heterocycles. The lowest BCUT2D eigenvalue weighted by atomic mass is 9.76. The summed E-state index contributed by atoms with van der Waals surface area (Å²) in [4.78, 5) is 23.2. The average Bonchev–Trinajstić information content (AvgIpc) is 2.50. The number of carbonyl (C=O) groups excluding carboxylic acids is 1. The number of nitrogens with zero attached hydrogens (tertiary/aromatic N) is 1. The molecule has 2 rings (SSSR count). The van der Waals surface area contributed by atoms with Crippen molar-refractivity contribution in [2.24, 2.45) is 7.05 Å². The van der Waals surface area contributed by atoms with Gasteiger partial charge >= 0.3 is 5.97 Å². The minimum atomic E-state index is -1.14. The highest BCUT2D eigenvalue weighted by atomic mass is 35.5. The Hall–Kier alpha value is -1.20. The predicted octanol–water partition coefficient (Wildman–Crippen LogP) is 2.07. The fraction of sp³-hybridized carbons (Fsp3) is 0.455. The molecule has 7 heteroatoms. The fourth-order valence-corrected chi connectivity index (χ4v) is 2.34. The topological polar surface area (TPSA) is 71.3 Å². The summed E-state index contributed by atoms with van der Waals surface area (Å²) in [5.41, 5.74) is -0.891. The average molecular weight is 291 g/mol. The van der Waals surface area contributed by atoms with Gasteiger partial charge in [-0.15, -0.1) is 0 Å². The van der Waals surface area contributed by atoms with E-state index in [9.17, 15) is 9.59 Å². The molecule has 98 valence electrons. The Labute approximate surface area is 114 Å². The summed E-state index contributed by atoms with van der Waals surface area (Å²) < 4.78 is 1.42. The number of rotatable bonds is 3. The largest absolute Gasteiger partial charge is 0.480 e. The number of carboxylic acid groups (broad SMARTS) is 1. The van der Waals surface area contributed by atoms with E-state index in [0.29, 0.717) is 12.8 Å². The van der Waals surface area contributed by atoms with Crippen LogP contribution in [0.15, 0.2) is 6.07 Å². The minimum absolute atomic E-state index is 0.248. The van der Waals surface area contributed by atoms with Gasteiger partial charge in [-0.1, -0.05) is 23.2 Å². The molecule has 5 nitrogen and oxygen atoms in total. The molecule has 1 aliphatic carbocycles. The second-order valence-corrected chi connectivity index (χ2v) is 5.19. The number of aromatic nitrogens is 1. The van der Waals surface area contributed by atoms with Crippen LogP contribution in [-0.4, -0.2) is 27.1 Å². The van der Waals surface area contributed by atoms with E-state index in [1.54, 1.807) is 7.05 Å². The first-order chi connectivity index (χ1) is 8.37. The van der Waals surface area contributed by atoms with Crippen molar-refractivity contribution in [1.29, 1.82) is 0 Å². The van der Waals surface area contributed by atoms with Gasteiger partial charge in [0.2, 0.25) is 0 Å². The highest BCUT2D eigenvalue weighted by Crippen LogP contribution is 2.33. The molecule has 1 amide bonds. The van der Waals surface area contributed by atoms with Crippen molar-refractivity contribution in [2.75, 3.05) is 0 Å². The van der Waals surface area contributed by atoms with Crippen molar-refractivity contribution in [3.05, 3.63) is 21.9 Å². The Morgan fingerprint density at radius 3 is 2.39 bits per heavy atom. The Morgan fingerprint density at radius 1 is 1.44 bits per heavy atom. The van der Waals surface area contributed by atoms with Gasteiger partial charge in [-0.25, -0.2) is 4.79 Å². The first kappa shape index (κ1) is 13.2. The van der Waals surface area contributed by atoms with Crippen LogP contribution in [0.1, 0.15) is 29.8 Å². The molecular formula is C11H12Cl2N2O3. The van der Waals surface area contributed by atoms with Crippen LogP contribution in [0, 0.1) is 0 Å². The molecule has 0 spiro atoms. The van der Waals surface area contributed by atoms with Gasteiger partial charge in [0.15, 0.2) is 0 Å². The van der Waals surface area contributed by atoms with Crippen LogP contribution in [0.2, 0.25) is 10.2 Å². The normalized spacial score (nSPS) is 17.1. The molecule has 1 aromatic rings. The molecule has 1 aromatic heterocycles. The number of carboxylic acids is 1. The van der Waals surface area contributed by atoms with Crippen LogP contribution in [0.25, 0.3) is 0 Å². The highest BCUT2D eigenvalue weighted by Gasteiger charge is 2.46. The van der Waals surface area contributed by atoms with Crippen LogP contribution in [0.5, 0.6) is 0 Å². The van der Waals surface area contributed by atoms with Gasteiger partial charge in [-0.3, -0.25) is 4.79 Å². The quantitative estimate of drug-likeness (QED) is 0.895. The van der Waals surface area contributed by atoms with E-state index in [-0.39, 0.29) is 15.9 Å². The van der Waals surface area contributed by atoms with Crippen molar-refractivity contribution in [1.82, 2.24) is 9.88 Å². The summed E-state index contributed by atoms with van der Waals surface area (Å²) in [6, 6.07) is 1.42. The zero-order valence-electron chi connectivity index (χ0n) is 9.67. The summed E-state index contributed by atoms with van der Waals surface area (Å²) >= 11 is 11.7. The summed E-state index contributed by atoms with van der Waals surface area (Å²) in [6.07, 6.45) is 1.68. The standard InChI is InChI=1S/C11H12Cl2N2O3/c1-15-7(5-6(12)8(15)13)9(16)14-11(10(17)18)3-2-4-11/h5H,2-4H2,1H3,(H,14,16)(H,17,18). The molecule has 2 N–H and O–H groups in total. The fourth-order valence-electron chi connectivity index (χ4n) is 1.96. The predicted molar refractivity (Wildman–Crippen MR) is 67.1 cm³/mol. The van der Waals surface area contributed by atoms with E-state index >= 15 is 0 Å². The van der Waals surface area contributed by atoms with Gasteiger partial charge in [0, 0.05) is 7.05 Å². The molecule has 0 radical (unpaired) electrons. The van der Waals surface area contributed by atoms with Crippen LogP contribution in [0.4, 0.5) is 0 Å². The summed E-state index contributed by atoms with van der Waals surface area (Å²) in [5.74, 6) is -1.48. The maximum absolute atomic E-state index is 12.0. The lowest BCUT2D eigenvalue weighted by Crippen LogP contribution is -2.59. The second kappa shape index (κ2) is 4.48. The van der Waals surface area contributed by atoms with Crippen molar-refractivity contribution >= 4 is 35.1 Å². The van der Waals surface area contributed by atoms with E-state index < -0.39 is 17.4 Å². The molecule has 18 heavy (non-hydrogen) atoms. The zero-order chi connectivity index (χ0) is 13.5. The number of aliphatic carboxylic acids is 1. The lowest BCUT2D eigenvalue weighted by molar-refractivity contribution is -0.148. The molecule has 1 heterocycles. The zero-order valence-corrected chi connectivity index (χ0v) is 11.2. The Balaban J connectivity index is 2.22. The molecular weight excluding hydrogens is 279 g/mol. The first-order valence-corrected chi connectivity index (χ1v) is 6.19. The van der Waals surface area contributed by atoms with E-state index in [1.807, 2.05) is 0 Å². The van der Waals surface area contributed by atoms with Crippen molar-refractivity contribution in [2.45, 2.75) is 24.8 Å². The van der Waals surface area contributed by atoms with E-state index in [4.69, 9.17) is 28.3 Å². The minimum Gasteiger partial charge on any atom is -0.480 e. The van der Waals surface area contributed by atoms with Gasteiger partial charge in [-0.2, -0.15) is 0 Å². The Bertz CT molecular complexity index is 521. The Kier molecular flexibility index (Phi) is 3.29. The molecule has 0 aliphatic heterocycles. The number of amides is 1. The summed E-state index contributed by atoms with van der Waals surface area (Å²) in [5, 5.41) is 12.2. The third-order valence-electron chi connectivity index (χ3n) is 3.32. The molecule has 0 unspecified atom stereocenters. The van der Waals surface area contributed by atoms with Crippen LogP contribution < -0.4 is 5.32 Å². The number of hydrogen-bond acceptors (Lipinski definition) is 2. The van der Waals surface area contributed by atoms with Crippen molar-refractivity contribution in [3.8, 4) is 0 Å². The monoisotopic (exact) mass is 290 g/mol.